The van der Waals surface area contributed by atoms with Crippen LogP contribution in [0.25, 0.3) is 11.0 Å². The van der Waals surface area contributed by atoms with E-state index in [1.807, 2.05) is 53.7 Å². The summed E-state index contributed by atoms with van der Waals surface area (Å²) in [6.07, 6.45) is 8.32. The molecule has 13 heteroatoms. The Bertz CT molecular complexity index is 1720. The number of aromatic nitrogens is 4. The lowest BCUT2D eigenvalue weighted by Crippen LogP contribution is -2.57. The van der Waals surface area contributed by atoms with Crippen LogP contribution in [0.3, 0.4) is 0 Å². The van der Waals surface area contributed by atoms with Gasteiger partial charge in [0.25, 0.3) is 5.56 Å². The Kier molecular flexibility index (Phi) is 12.3. The summed E-state index contributed by atoms with van der Waals surface area (Å²) < 4.78 is 11.5. The van der Waals surface area contributed by atoms with E-state index in [1.165, 1.54) is 0 Å². The molecule has 0 bridgehead atoms. The molecule has 1 aliphatic carbocycles. The second-order valence-corrected chi connectivity index (χ2v) is 15.3. The number of alkyl carbamates (subject to hydrolysis) is 1. The number of ether oxygens (including phenoxy) is 2. The van der Waals surface area contributed by atoms with E-state index in [9.17, 15) is 19.2 Å². The average molecular weight is 704 g/mol. The molecular weight excluding hydrogens is 650 g/mol. The van der Waals surface area contributed by atoms with Crippen molar-refractivity contribution >= 4 is 34.8 Å². The number of amides is 2. The molecule has 0 radical (unpaired) electrons. The smallest absolute Gasteiger partial charge is 0.408 e. The lowest BCUT2D eigenvalue weighted by molar-refractivity contribution is -0.143. The van der Waals surface area contributed by atoms with E-state index in [0.29, 0.717) is 54.5 Å². The number of carbonyl (C=O) groups is 3. The van der Waals surface area contributed by atoms with E-state index in [1.54, 1.807) is 29.4 Å². The second-order valence-electron chi connectivity index (χ2n) is 15.3. The molecule has 5 rings (SSSR count). The lowest BCUT2D eigenvalue weighted by Gasteiger charge is -2.36. The number of Topliss-reactive ketones (excluding diaryl/α,β-unsaturated/α-hetero) is 1. The summed E-state index contributed by atoms with van der Waals surface area (Å²) in [4.78, 5) is 69.9. The highest BCUT2D eigenvalue weighted by Gasteiger charge is 2.46. The van der Waals surface area contributed by atoms with Gasteiger partial charge >= 0.3 is 6.09 Å². The van der Waals surface area contributed by atoms with Gasteiger partial charge in [-0.15, -0.1) is 0 Å². The van der Waals surface area contributed by atoms with Crippen molar-refractivity contribution < 1.29 is 23.9 Å². The van der Waals surface area contributed by atoms with Gasteiger partial charge in [0, 0.05) is 30.9 Å². The minimum Gasteiger partial charge on any atom is -0.492 e. The highest BCUT2D eigenvalue weighted by atomic mass is 16.6. The Morgan fingerprint density at radius 1 is 1.10 bits per heavy atom. The number of anilines is 1. The molecule has 13 nitrogen and oxygen atoms in total. The van der Waals surface area contributed by atoms with Crippen LogP contribution in [-0.4, -0.2) is 80.5 Å². The summed E-state index contributed by atoms with van der Waals surface area (Å²) in [5.41, 5.74) is 1.08. The molecule has 3 heterocycles. The minimum atomic E-state index is -0.805. The van der Waals surface area contributed by atoms with Gasteiger partial charge in [-0.05, 0) is 67.6 Å². The first-order chi connectivity index (χ1) is 24.3. The average Bonchev–Trinajstić information content (AvgIpc) is 3.71. The van der Waals surface area contributed by atoms with Crippen molar-refractivity contribution in [2.45, 2.75) is 105 Å². The summed E-state index contributed by atoms with van der Waals surface area (Å²) in [5.74, 6) is 1.20. The number of aryl methyl sites for hydroxylation is 1. The molecule has 2 aromatic heterocycles. The fourth-order valence-electron chi connectivity index (χ4n) is 6.70. The third kappa shape index (κ3) is 10.0. The predicted molar refractivity (Wildman–Crippen MR) is 194 cm³/mol. The van der Waals surface area contributed by atoms with Gasteiger partial charge in [-0.2, -0.15) is 0 Å². The van der Waals surface area contributed by atoms with Gasteiger partial charge in [0.2, 0.25) is 11.9 Å². The predicted octanol–water partition coefficient (Wildman–Crippen LogP) is 5.30. The van der Waals surface area contributed by atoms with Crippen LogP contribution in [0.15, 0.2) is 41.5 Å². The van der Waals surface area contributed by atoms with Gasteiger partial charge in [-0.25, -0.2) is 19.7 Å². The first-order valence-electron chi connectivity index (χ1n) is 18.3. The van der Waals surface area contributed by atoms with Crippen LogP contribution in [0.5, 0.6) is 5.75 Å². The third-order valence-corrected chi connectivity index (χ3v) is 9.78. The third-order valence-electron chi connectivity index (χ3n) is 9.78. The van der Waals surface area contributed by atoms with Crippen LogP contribution in [0.2, 0.25) is 0 Å². The summed E-state index contributed by atoms with van der Waals surface area (Å²) in [7, 11) is 0. The van der Waals surface area contributed by atoms with E-state index < -0.39 is 23.6 Å². The maximum absolute atomic E-state index is 13.7. The van der Waals surface area contributed by atoms with Crippen molar-refractivity contribution in [2.75, 3.05) is 25.0 Å². The van der Waals surface area contributed by atoms with Crippen LogP contribution in [0.4, 0.5) is 10.7 Å². The molecule has 1 aliphatic heterocycles. The number of hydrogen-bond donors (Lipinski definition) is 3. The lowest BCUT2D eigenvalue weighted by atomic mass is 9.85. The van der Waals surface area contributed by atoms with E-state index in [-0.39, 0.29) is 41.1 Å². The topological polar surface area (TPSA) is 168 Å². The zero-order chi connectivity index (χ0) is 36.7. The standard InChI is InChI=1S/C38H53N7O6/c1-23(2)32(46)31-24(3)15-19-45(31)35(48)33(38(4,5)6)44-37(49)51-30-21-25(30)11-8-7-9-12-28-34(47)43-29-22-26(13-14-27(29)42-28)50-20-18-41-36-39-16-10-17-40-36/h10,13-14,16-17,22-25,30-31,33H,7-9,11-12,15,18-21H2,1-6H3,(H,43,47)(H,44,49)(H,39,40,41). The van der Waals surface area contributed by atoms with E-state index in [0.717, 1.165) is 38.5 Å². The molecule has 276 valence electrons. The van der Waals surface area contributed by atoms with Crippen molar-refractivity contribution in [1.29, 1.82) is 0 Å². The number of ketones is 1. The monoisotopic (exact) mass is 703 g/mol. The van der Waals surface area contributed by atoms with Crippen LogP contribution in [0.1, 0.15) is 85.8 Å². The van der Waals surface area contributed by atoms with E-state index in [4.69, 9.17) is 9.47 Å². The fourth-order valence-corrected chi connectivity index (χ4v) is 6.70. The quantitative estimate of drug-likeness (QED) is 0.167. The molecule has 0 spiro atoms. The number of nitrogens with one attached hydrogen (secondary N) is 3. The van der Waals surface area contributed by atoms with Crippen LogP contribution < -0.4 is 20.9 Å². The largest absolute Gasteiger partial charge is 0.492 e. The molecule has 3 aromatic rings. The van der Waals surface area contributed by atoms with Gasteiger partial charge in [0.1, 0.15) is 30.2 Å². The molecule has 1 saturated heterocycles. The molecule has 1 saturated carbocycles. The Hall–Kier alpha value is -4.55. The van der Waals surface area contributed by atoms with Crippen LogP contribution in [-0.2, 0) is 20.7 Å². The number of aromatic amines is 1. The number of rotatable bonds is 16. The zero-order valence-electron chi connectivity index (χ0n) is 30.7. The molecule has 5 unspecified atom stereocenters. The van der Waals surface area contributed by atoms with E-state index in [2.05, 4.69) is 30.6 Å². The number of unbranched alkanes of at least 4 members (excludes halogenated alkanes) is 2. The Balaban J connectivity index is 1.02. The number of hydrogen-bond acceptors (Lipinski definition) is 10. The van der Waals surface area contributed by atoms with Crippen LogP contribution >= 0.6 is 0 Å². The summed E-state index contributed by atoms with van der Waals surface area (Å²) in [5, 5.41) is 5.93. The summed E-state index contributed by atoms with van der Waals surface area (Å²) >= 11 is 0. The number of carbonyl (C=O) groups excluding carboxylic acids is 3. The molecular formula is C38H53N7O6. The van der Waals surface area contributed by atoms with Gasteiger partial charge in [0.05, 0.1) is 23.6 Å². The Morgan fingerprint density at radius 3 is 2.59 bits per heavy atom. The maximum Gasteiger partial charge on any atom is 0.408 e. The molecule has 3 N–H and O–H groups in total. The van der Waals surface area contributed by atoms with Gasteiger partial charge in [-0.1, -0.05) is 54.4 Å². The Labute approximate surface area is 299 Å². The van der Waals surface area contributed by atoms with Gasteiger partial charge < -0.3 is 30.0 Å². The molecule has 5 atom stereocenters. The van der Waals surface area contributed by atoms with Gasteiger partial charge in [0.15, 0.2) is 5.78 Å². The number of benzene rings is 1. The highest BCUT2D eigenvalue weighted by molar-refractivity contribution is 5.94. The number of H-pyrrole nitrogens is 1. The van der Waals surface area contributed by atoms with Crippen LogP contribution in [0, 0.1) is 23.2 Å². The number of fused-ring (bicyclic) bond motifs is 1. The molecule has 2 fully saturated rings. The van der Waals surface area contributed by atoms with Crippen molar-refractivity contribution in [1.82, 2.24) is 30.2 Å². The first kappa shape index (κ1) is 37.7. The molecule has 51 heavy (non-hydrogen) atoms. The second kappa shape index (κ2) is 16.6. The van der Waals surface area contributed by atoms with Gasteiger partial charge in [-0.3, -0.25) is 14.4 Å². The van der Waals surface area contributed by atoms with Crippen molar-refractivity contribution in [3.05, 3.63) is 52.7 Å². The maximum atomic E-state index is 13.7. The number of likely N-dealkylation sites (tertiary alicyclic amines) is 1. The highest BCUT2D eigenvalue weighted by Crippen LogP contribution is 2.38. The molecule has 2 aliphatic rings. The normalized spacial score (nSPS) is 20.6. The van der Waals surface area contributed by atoms with Crippen molar-refractivity contribution in [3.63, 3.8) is 0 Å². The fraction of sp³-hybridized carbons (Fsp3) is 0.605. The molecule has 2 amide bonds. The summed E-state index contributed by atoms with van der Waals surface area (Å²) in [6, 6.07) is 5.95. The minimum absolute atomic E-state index is 0.0605. The zero-order valence-corrected chi connectivity index (χ0v) is 30.7. The Morgan fingerprint density at radius 2 is 1.86 bits per heavy atom. The molecule has 1 aromatic carbocycles. The SMILES string of the molecule is CC(C)C(=O)C1C(C)CCN1C(=O)C(NC(=O)OC1CC1CCCCCc1nc2ccc(OCCNc3ncccn3)cc2[nH]c1=O)C(C)(C)C. The summed E-state index contributed by atoms with van der Waals surface area (Å²) in [6.45, 7) is 12.9. The van der Waals surface area contributed by atoms with Crippen molar-refractivity contribution in [3.8, 4) is 5.75 Å². The van der Waals surface area contributed by atoms with E-state index >= 15 is 0 Å². The van der Waals surface area contributed by atoms with Crippen molar-refractivity contribution in [2.24, 2.45) is 23.2 Å². The number of nitrogens with zero attached hydrogens (tertiary/aromatic N) is 4. The first-order valence-corrected chi connectivity index (χ1v) is 18.3.